The molecule has 3 rings (SSSR count). The summed E-state index contributed by atoms with van der Waals surface area (Å²) in [5.41, 5.74) is 0.950. The molecule has 2 aromatic carbocycles. The van der Waals surface area contributed by atoms with Crippen LogP contribution in [0, 0.1) is 0 Å². The molecule has 2 N–H and O–H groups in total. The lowest BCUT2D eigenvalue weighted by atomic mass is 10.2. The van der Waals surface area contributed by atoms with Gasteiger partial charge >= 0.3 is 5.91 Å². The maximum Gasteiger partial charge on any atom is 0.302 e. The lowest BCUT2D eigenvalue weighted by Gasteiger charge is -2.04. The van der Waals surface area contributed by atoms with Crippen molar-refractivity contribution in [2.45, 2.75) is 0 Å². The average Bonchev–Trinajstić information content (AvgIpc) is 2.87. The van der Waals surface area contributed by atoms with Gasteiger partial charge in [-0.3, -0.25) is 4.79 Å². The number of nitrogens with one attached hydrogen (secondary N) is 1. The first-order valence-electron chi connectivity index (χ1n) is 6.76. The predicted octanol–water partition coefficient (Wildman–Crippen LogP) is 4.33. The highest BCUT2D eigenvalue weighted by atomic mass is 79.9. The number of carbonyl (C=O) groups is 1. The number of aromatic amines is 1. The zero-order valence-corrected chi connectivity index (χ0v) is 13.4. The van der Waals surface area contributed by atoms with Crippen LogP contribution in [-0.2, 0) is 4.79 Å². The molecule has 0 aliphatic carbocycles. The third-order valence-electron chi connectivity index (χ3n) is 3.11. The minimum atomic E-state index is -0.551. The highest BCUT2D eigenvalue weighted by molar-refractivity contribution is 9.10. The number of carbonyl (C=O) groups excluding carboxylic acids is 1. The number of halogens is 1. The van der Waals surface area contributed by atoms with Crippen LogP contribution in [0.4, 0.5) is 5.69 Å². The number of fused-ring (bicyclic) bond motifs is 1. The predicted molar refractivity (Wildman–Crippen MR) is 89.1 cm³/mol. The molecule has 0 saturated carbocycles. The van der Waals surface area contributed by atoms with Gasteiger partial charge in [-0.15, -0.1) is 10.2 Å². The zero-order chi connectivity index (χ0) is 16.2. The van der Waals surface area contributed by atoms with Gasteiger partial charge in [-0.1, -0.05) is 30.3 Å². The highest BCUT2D eigenvalue weighted by Gasteiger charge is 2.10. The molecule has 0 fully saturated rings. The number of aromatic hydroxyl groups is 1. The third kappa shape index (κ3) is 3.40. The minimum Gasteiger partial charge on any atom is -0.493 e. The van der Waals surface area contributed by atoms with Crippen molar-refractivity contribution < 1.29 is 14.6 Å². The lowest BCUT2D eigenvalue weighted by molar-refractivity contribution is -0.120. The van der Waals surface area contributed by atoms with Crippen LogP contribution in [0.2, 0.25) is 0 Å². The van der Waals surface area contributed by atoms with Crippen LogP contribution in [0.15, 0.2) is 63.2 Å². The van der Waals surface area contributed by atoms with E-state index in [1.54, 1.807) is 24.3 Å². The first-order valence-corrected chi connectivity index (χ1v) is 7.56. The summed E-state index contributed by atoms with van der Waals surface area (Å²) in [6.45, 7) is -0.241. The van der Waals surface area contributed by atoms with Gasteiger partial charge < -0.3 is 14.8 Å². The SMILES string of the molecule is O=C(COc1ccccc1Br)N=Nc1c(O)[nH]c2ccccc12. The molecule has 116 valence electrons. The van der Waals surface area contributed by atoms with Crippen LogP contribution in [0.1, 0.15) is 0 Å². The van der Waals surface area contributed by atoms with Crippen molar-refractivity contribution in [3.63, 3.8) is 0 Å². The zero-order valence-electron chi connectivity index (χ0n) is 11.9. The van der Waals surface area contributed by atoms with Gasteiger partial charge in [-0.25, -0.2) is 0 Å². The summed E-state index contributed by atoms with van der Waals surface area (Å²) in [5.74, 6) is -0.133. The Labute approximate surface area is 139 Å². The number of H-pyrrole nitrogens is 1. The Morgan fingerprint density at radius 1 is 1.17 bits per heavy atom. The summed E-state index contributed by atoms with van der Waals surface area (Å²) in [4.78, 5) is 14.5. The van der Waals surface area contributed by atoms with E-state index >= 15 is 0 Å². The summed E-state index contributed by atoms with van der Waals surface area (Å²) in [7, 11) is 0. The van der Waals surface area contributed by atoms with E-state index in [1.807, 2.05) is 24.3 Å². The second kappa shape index (κ2) is 6.62. The van der Waals surface area contributed by atoms with E-state index in [1.165, 1.54) is 0 Å². The fourth-order valence-electron chi connectivity index (χ4n) is 2.05. The molecule has 0 radical (unpaired) electrons. The first kappa shape index (κ1) is 15.2. The van der Waals surface area contributed by atoms with Crippen LogP contribution in [-0.4, -0.2) is 22.6 Å². The fraction of sp³-hybridized carbons (Fsp3) is 0.0625. The van der Waals surface area contributed by atoms with Crippen molar-refractivity contribution in [2.75, 3.05) is 6.61 Å². The molecule has 7 heteroatoms. The van der Waals surface area contributed by atoms with Crippen LogP contribution < -0.4 is 4.74 Å². The standard InChI is InChI=1S/C16H12BrN3O3/c17-11-6-2-4-8-13(11)23-9-14(21)19-20-15-10-5-1-3-7-12(10)18-16(15)22/h1-8,18,22H,9H2. The molecule has 1 heterocycles. The van der Waals surface area contributed by atoms with Gasteiger partial charge in [0.1, 0.15) is 5.75 Å². The van der Waals surface area contributed by atoms with Crippen molar-refractivity contribution >= 4 is 38.4 Å². The molecule has 1 aromatic heterocycles. The summed E-state index contributed by atoms with van der Waals surface area (Å²) in [5, 5.41) is 17.9. The van der Waals surface area contributed by atoms with Gasteiger partial charge in [0.15, 0.2) is 12.3 Å². The van der Waals surface area contributed by atoms with E-state index in [0.717, 1.165) is 9.99 Å². The molecule has 3 aromatic rings. The average molecular weight is 374 g/mol. The molecule has 0 aliphatic heterocycles. The number of amides is 1. The maximum atomic E-state index is 11.8. The number of azo groups is 1. The second-order valence-corrected chi connectivity index (χ2v) is 5.53. The van der Waals surface area contributed by atoms with Crippen molar-refractivity contribution in [3.05, 3.63) is 53.0 Å². The Morgan fingerprint density at radius 2 is 1.91 bits per heavy atom. The number of rotatable bonds is 4. The van der Waals surface area contributed by atoms with Gasteiger partial charge in [-0.2, -0.15) is 0 Å². The quantitative estimate of drug-likeness (QED) is 0.667. The Bertz CT molecular complexity index is 889. The topological polar surface area (TPSA) is 87.0 Å². The Kier molecular flexibility index (Phi) is 4.38. The summed E-state index contributed by atoms with van der Waals surface area (Å²) < 4.78 is 6.11. The van der Waals surface area contributed by atoms with E-state index in [-0.39, 0.29) is 18.2 Å². The fourth-order valence-corrected chi connectivity index (χ4v) is 2.45. The molecule has 1 amide bonds. The van der Waals surface area contributed by atoms with E-state index in [4.69, 9.17) is 4.74 Å². The van der Waals surface area contributed by atoms with Gasteiger partial charge in [0.05, 0.1) is 9.99 Å². The molecule has 0 bridgehead atoms. The number of nitrogens with zero attached hydrogens (tertiary/aromatic N) is 2. The van der Waals surface area contributed by atoms with Crippen LogP contribution in [0.3, 0.4) is 0 Å². The van der Waals surface area contributed by atoms with Crippen molar-refractivity contribution in [1.82, 2.24) is 4.98 Å². The smallest absolute Gasteiger partial charge is 0.302 e. The number of para-hydroxylation sites is 2. The number of hydrogen-bond acceptors (Lipinski definition) is 4. The third-order valence-corrected chi connectivity index (χ3v) is 3.76. The summed E-state index contributed by atoms with van der Waals surface area (Å²) >= 11 is 3.33. The molecule has 6 nitrogen and oxygen atoms in total. The first-order chi connectivity index (χ1) is 11.1. The van der Waals surface area contributed by atoms with Crippen LogP contribution in [0.25, 0.3) is 10.9 Å². The lowest BCUT2D eigenvalue weighted by Crippen LogP contribution is -2.08. The van der Waals surface area contributed by atoms with E-state index in [0.29, 0.717) is 11.1 Å². The minimum absolute atomic E-state index is 0.130. The van der Waals surface area contributed by atoms with Crippen LogP contribution in [0.5, 0.6) is 11.6 Å². The molecule has 0 saturated heterocycles. The second-order valence-electron chi connectivity index (χ2n) is 4.68. The van der Waals surface area contributed by atoms with Gasteiger partial charge in [-0.05, 0) is 34.1 Å². The maximum absolute atomic E-state index is 11.8. The number of ether oxygens (including phenoxy) is 1. The van der Waals surface area contributed by atoms with Gasteiger partial charge in [0.25, 0.3) is 0 Å². The van der Waals surface area contributed by atoms with Gasteiger partial charge in [0, 0.05) is 5.39 Å². The van der Waals surface area contributed by atoms with Crippen molar-refractivity contribution in [3.8, 4) is 11.6 Å². The Balaban J connectivity index is 1.71. The number of benzene rings is 2. The van der Waals surface area contributed by atoms with Crippen LogP contribution >= 0.6 is 15.9 Å². The van der Waals surface area contributed by atoms with E-state index in [2.05, 4.69) is 31.1 Å². The number of hydrogen-bond donors (Lipinski definition) is 2. The Hall–Kier alpha value is -2.67. The molecule has 0 unspecified atom stereocenters. The molecular weight excluding hydrogens is 362 g/mol. The summed E-state index contributed by atoms with van der Waals surface area (Å²) in [6.07, 6.45) is 0. The molecule has 0 spiro atoms. The van der Waals surface area contributed by atoms with Crippen molar-refractivity contribution in [2.24, 2.45) is 10.2 Å². The molecule has 0 atom stereocenters. The normalized spacial score (nSPS) is 11.2. The highest BCUT2D eigenvalue weighted by Crippen LogP contribution is 2.35. The monoisotopic (exact) mass is 373 g/mol. The largest absolute Gasteiger partial charge is 0.493 e. The molecule has 0 aliphatic rings. The summed E-state index contributed by atoms with van der Waals surface area (Å²) in [6, 6.07) is 14.4. The van der Waals surface area contributed by atoms with Gasteiger partial charge in [0.2, 0.25) is 5.88 Å². The Morgan fingerprint density at radius 3 is 2.74 bits per heavy atom. The number of aromatic nitrogens is 1. The molecule has 23 heavy (non-hydrogen) atoms. The van der Waals surface area contributed by atoms with Crippen molar-refractivity contribution in [1.29, 1.82) is 0 Å². The molecular formula is C16H12BrN3O3. The van der Waals surface area contributed by atoms with E-state index < -0.39 is 5.91 Å². The van der Waals surface area contributed by atoms with E-state index in [9.17, 15) is 9.90 Å².